The first-order valence-corrected chi connectivity index (χ1v) is 27.0. The summed E-state index contributed by atoms with van der Waals surface area (Å²) in [5.74, 6) is -2.17. The van der Waals surface area contributed by atoms with Gasteiger partial charge in [0.25, 0.3) is 16.0 Å². The van der Waals surface area contributed by atoms with Crippen LogP contribution in [0.3, 0.4) is 0 Å². The molecule has 0 bridgehead atoms. The number of carbonyl (C=O) groups is 4. The number of nitrogens with one attached hydrogen (secondary N) is 2. The van der Waals surface area contributed by atoms with Gasteiger partial charge in [0.2, 0.25) is 29.5 Å². The number of fused-ring (bicyclic) bond motifs is 2. The predicted molar refractivity (Wildman–Crippen MR) is 282 cm³/mol. The summed E-state index contributed by atoms with van der Waals surface area (Å²) < 4.78 is 110. The third-order valence-electron chi connectivity index (χ3n) is 11.3. The third kappa shape index (κ3) is 23.3. The zero-order chi connectivity index (χ0) is 56.7. The molecule has 0 radical (unpaired) electrons. The van der Waals surface area contributed by atoms with Crippen LogP contribution >= 0.6 is 0 Å². The molecule has 0 aliphatic carbocycles. The average Bonchev–Trinajstić information content (AvgIpc) is 3.50. The first kappa shape index (κ1) is 64.8. The molecule has 25 heteroatoms. The van der Waals surface area contributed by atoms with Gasteiger partial charge in [-0.15, -0.1) is 0 Å². The highest BCUT2D eigenvalue weighted by atomic mass is 32.2. The van der Waals surface area contributed by atoms with E-state index in [1.54, 1.807) is 76.6 Å². The molecule has 0 fully saturated rings. The average molecular weight is 1120 g/mol. The molecule has 3 aromatic carbocycles. The van der Waals surface area contributed by atoms with Crippen molar-refractivity contribution in [2.75, 3.05) is 140 Å². The summed E-state index contributed by atoms with van der Waals surface area (Å²) in [6, 6.07) is 13.3. The van der Waals surface area contributed by atoms with Crippen LogP contribution in [0, 0.1) is 13.8 Å². The summed E-state index contributed by atoms with van der Waals surface area (Å²) >= 11 is 0. The second-order valence-electron chi connectivity index (χ2n) is 17.4. The monoisotopic (exact) mass is 1120 g/mol. The number of ether oxygens (including phenoxy) is 13. The number of aromatic nitrogens is 1. The number of amides is 2. The fourth-order valence-electron chi connectivity index (χ4n) is 7.69. The highest BCUT2D eigenvalue weighted by Gasteiger charge is 2.29. The summed E-state index contributed by atoms with van der Waals surface area (Å²) in [4.78, 5) is 50.9. The lowest BCUT2D eigenvalue weighted by atomic mass is 10.0. The molecule has 4 N–H and O–H groups in total. The summed E-state index contributed by atoms with van der Waals surface area (Å²) in [5.41, 5.74) is 2.31. The van der Waals surface area contributed by atoms with Crippen molar-refractivity contribution < 1.29 is 103 Å². The van der Waals surface area contributed by atoms with E-state index in [0.29, 0.717) is 51.7 Å². The topological polar surface area (TPSA) is 291 Å². The molecule has 24 nitrogen and oxygen atoms in total. The maximum absolute atomic E-state index is 15.1. The smallest absolute Gasteiger partial charge is 0.345 e. The zero-order valence-electron chi connectivity index (χ0n) is 45.3. The van der Waals surface area contributed by atoms with Gasteiger partial charge in [0.05, 0.1) is 101 Å². The Morgan fingerprint density at radius 1 is 0.603 bits per heavy atom. The molecule has 1 heterocycles. The number of hydrogen-bond donors (Lipinski definition) is 4. The van der Waals surface area contributed by atoms with E-state index in [0.717, 1.165) is 0 Å². The molecule has 1 aromatic heterocycles. The zero-order valence-corrected chi connectivity index (χ0v) is 46.2. The van der Waals surface area contributed by atoms with Gasteiger partial charge in [-0.3, -0.25) is 18.9 Å². The van der Waals surface area contributed by atoms with Crippen molar-refractivity contribution in [2.24, 2.45) is 0 Å². The maximum Gasteiger partial charge on any atom is 0.345 e. The van der Waals surface area contributed by atoms with Crippen LogP contribution in [0.2, 0.25) is 0 Å². The number of carboxylic acid groups (broad SMARTS) is 1. The number of hydrogen-bond acceptors (Lipinski definition) is 19. The highest BCUT2D eigenvalue weighted by Crippen LogP contribution is 2.34. The van der Waals surface area contributed by atoms with Gasteiger partial charge in [-0.05, 0) is 67.8 Å². The lowest BCUT2D eigenvalue weighted by molar-refractivity contribution is -0.645. The van der Waals surface area contributed by atoms with Crippen molar-refractivity contribution in [2.45, 2.75) is 58.7 Å². The number of methoxy groups -OCH3 is 4. The number of esters is 1. The first-order valence-electron chi connectivity index (χ1n) is 25.4. The summed E-state index contributed by atoms with van der Waals surface area (Å²) in [5, 5.41) is 14.9. The van der Waals surface area contributed by atoms with Crippen molar-refractivity contribution in [3.05, 3.63) is 70.8 Å². The summed E-state index contributed by atoms with van der Waals surface area (Å²) in [6.45, 7) is 7.00. The van der Waals surface area contributed by atoms with Gasteiger partial charge in [0, 0.05) is 78.5 Å². The molecule has 0 aliphatic rings. The normalized spacial score (nSPS) is 12.4. The van der Waals surface area contributed by atoms with E-state index in [1.807, 2.05) is 4.57 Å². The van der Waals surface area contributed by atoms with Gasteiger partial charge in [-0.25, -0.2) is 4.79 Å². The molecule has 4 aromatic rings. The van der Waals surface area contributed by atoms with Crippen molar-refractivity contribution in [1.29, 1.82) is 0 Å². The quantitative estimate of drug-likeness (QED) is 0.00938. The SMILES string of the molecule is COCCOCC(OCCOC)Oc1ccc2c(c1)c(C(=O)Oc1c(C)cc(C(=O)NCCOCCOCCNC(=O)CCCC(=O)O)cc1C)c1cc(OC(COCCOC)OCCOC)ccc1[n+]2CCCS(=O)(=O)O. The highest BCUT2D eigenvalue weighted by molar-refractivity contribution is 7.85. The standard InChI is InChI=1S/C53H75N3O21S/c1-37-31-39(52(60)55-16-19-70-27-26-69-18-15-54-46(57)9-7-10-47(58)59)32-38(2)51(37)77-53(61)50-42-33-40(75-48(73-28-22-67-5)35-71-24-20-65-3)11-13-44(42)56(17-8-30-78(62,63)64)45-14-12-41(34-43(45)50)76-49(74-29-23-68-6)36-72-25-21-66-4/h11-14,31-34,48-49H,7-10,15-30,35-36H2,1-6H3,(H3-,54,55,57,58,59,60,62,63,64)/p+1. The number of carboxylic acids is 1. The van der Waals surface area contributed by atoms with Gasteiger partial charge in [0.1, 0.15) is 30.5 Å². The third-order valence-corrected chi connectivity index (χ3v) is 12.1. The molecule has 0 saturated carbocycles. The molecular formula is C53H76N3O21S+. The number of carbonyl (C=O) groups excluding carboxylic acids is 3. The van der Waals surface area contributed by atoms with Crippen molar-refractivity contribution in [1.82, 2.24) is 10.6 Å². The maximum atomic E-state index is 15.1. The van der Waals surface area contributed by atoms with Crippen LogP contribution < -0.4 is 29.4 Å². The Balaban J connectivity index is 1.67. The Hall–Kier alpha value is -5.68. The van der Waals surface area contributed by atoms with Crippen molar-refractivity contribution in [3.8, 4) is 17.2 Å². The van der Waals surface area contributed by atoms with Crippen molar-refractivity contribution in [3.63, 3.8) is 0 Å². The molecule has 0 saturated heterocycles. The van der Waals surface area contributed by atoms with Gasteiger partial charge in [-0.1, -0.05) is 0 Å². The number of aryl methyl sites for hydroxylation is 3. The molecule has 2 amide bonds. The first-order chi connectivity index (χ1) is 37.6. The summed E-state index contributed by atoms with van der Waals surface area (Å²) in [6.07, 6.45) is -1.54. The van der Waals surface area contributed by atoms with Crippen LogP contribution in [-0.2, 0) is 73.6 Å². The molecule has 434 valence electrons. The fraction of sp³-hybridized carbons (Fsp3) is 0.566. The minimum atomic E-state index is -4.34. The molecule has 4 rings (SSSR count). The second-order valence-corrected chi connectivity index (χ2v) is 19.0. The van der Waals surface area contributed by atoms with Crippen molar-refractivity contribution >= 4 is 55.7 Å². The number of pyridine rings is 1. The lowest BCUT2D eigenvalue weighted by Gasteiger charge is -2.21. The fourth-order valence-corrected chi connectivity index (χ4v) is 8.19. The molecule has 78 heavy (non-hydrogen) atoms. The van der Waals surface area contributed by atoms with E-state index in [1.165, 1.54) is 14.2 Å². The predicted octanol–water partition coefficient (Wildman–Crippen LogP) is 3.59. The Labute approximate surface area is 454 Å². The van der Waals surface area contributed by atoms with Crippen LogP contribution in [0.25, 0.3) is 21.8 Å². The van der Waals surface area contributed by atoms with Crippen LogP contribution in [-0.4, -0.2) is 194 Å². The molecule has 0 aliphatic heterocycles. The number of rotatable bonds is 42. The molecule has 2 atom stereocenters. The van der Waals surface area contributed by atoms with E-state index < -0.39 is 40.4 Å². The van der Waals surface area contributed by atoms with E-state index in [-0.39, 0.29) is 159 Å². The van der Waals surface area contributed by atoms with Crippen LogP contribution in [0.15, 0.2) is 48.5 Å². The van der Waals surface area contributed by atoms with Gasteiger partial charge < -0.3 is 77.3 Å². The van der Waals surface area contributed by atoms with E-state index >= 15 is 4.79 Å². The second kappa shape index (κ2) is 35.8. The Kier molecular flexibility index (Phi) is 29.7. The van der Waals surface area contributed by atoms with Gasteiger partial charge in [0.15, 0.2) is 6.54 Å². The van der Waals surface area contributed by atoms with E-state index in [9.17, 15) is 27.4 Å². The Bertz CT molecular complexity index is 2510. The lowest BCUT2D eigenvalue weighted by Crippen LogP contribution is -2.37. The molecular weight excluding hydrogens is 1050 g/mol. The van der Waals surface area contributed by atoms with E-state index in [2.05, 4.69) is 10.6 Å². The Morgan fingerprint density at radius 2 is 1.09 bits per heavy atom. The number of benzene rings is 3. The van der Waals surface area contributed by atoms with Crippen LogP contribution in [0.4, 0.5) is 0 Å². The van der Waals surface area contributed by atoms with Gasteiger partial charge >= 0.3 is 11.9 Å². The molecule has 2 unspecified atom stereocenters. The largest absolute Gasteiger partial charge is 0.481 e. The Morgan fingerprint density at radius 3 is 1.58 bits per heavy atom. The summed E-state index contributed by atoms with van der Waals surface area (Å²) in [7, 11) is 1.84. The number of nitrogens with zero attached hydrogens (tertiary/aromatic N) is 1. The minimum absolute atomic E-state index is 0.00147. The number of aliphatic carboxylic acids is 1. The van der Waals surface area contributed by atoms with Gasteiger partial charge in [-0.2, -0.15) is 13.0 Å². The molecule has 0 spiro atoms. The minimum Gasteiger partial charge on any atom is -0.481 e. The van der Waals surface area contributed by atoms with Crippen LogP contribution in [0.1, 0.15) is 57.5 Å². The van der Waals surface area contributed by atoms with E-state index in [4.69, 9.17) is 66.7 Å². The van der Waals surface area contributed by atoms with Crippen LogP contribution in [0.5, 0.6) is 17.2 Å².